The molecule has 0 unspecified atom stereocenters. The van der Waals surface area contributed by atoms with Gasteiger partial charge in [-0.25, -0.2) is 0 Å². The molecule has 17 heavy (non-hydrogen) atoms. The van der Waals surface area contributed by atoms with E-state index in [4.69, 9.17) is 5.73 Å². The van der Waals surface area contributed by atoms with Crippen LogP contribution >= 0.6 is 0 Å². The van der Waals surface area contributed by atoms with Crippen LogP contribution in [0.5, 0.6) is 0 Å². The minimum absolute atomic E-state index is 0.451. The fraction of sp³-hybridized carbons (Fsp3) is 0.0769. The molecule has 2 aromatic heterocycles. The van der Waals surface area contributed by atoms with Crippen molar-refractivity contribution < 1.29 is 0 Å². The van der Waals surface area contributed by atoms with Gasteiger partial charge in [0.25, 0.3) is 0 Å². The lowest BCUT2D eigenvalue weighted by Gasteiger charge is -2.04. The van der Waals surface area contributed by atoms with Gasteiger partial charge in [-0.1, -0.05) is 12.1 Å². The molecule has 84 valence electrons. The zero-order chi connectivity index (χ0) is 11.8. The van der Waals surface area contributed by atoms with Gasteiger partial charge in [0.2, 0.25) is 0 Å². The third-order valence-corrected chi connectivity index (χ3v) is 2.83. The Morgan fingerprint density at radius 3 is 2.82 bits per heavy atom. The maximum Gasteiger partial charge on any atom is 0.146 e. The summed E-state index contributed by atoms with van der Waals surface area (Å²) in [5.74, 6) is 0.451. The molecule has 4 nitrogen and oxygen atoms in total. The Morgan fingerprint density at radius 2 is 2.00 bits per heavy atom. The predicted octanol–water partition coefficient (Wildman–Crippen LogP) is 2.52. The zero-order valence-corrected chi connectivity index (χ0v) is 9.44. The molecule has 0 radical (unpaired) electrons. The average molecular weight is 224 g/mol. The molecule has 3 N–H and O–H groups in total. The third kappa shape index (κ3) is 1.63. The van der Waals surface area contributed by atoms with Gasteiger partial charge in [-0.2, -0.15) is 0 Å². The number of rotatable bonds is 1. The van der Waals surface area contributed by atoms with Gasteiger partial charge < -0.3 is 10.7 Å². The van der Waals surface area contributed by atoms with E-state index >= 15 is 0 Å². The number of nitrogens with zero attached hydrogens (tertiary/aromatic N) is 2. The molecule has 0 saturated carbocycles. The smallest absolute Gasteiger partial charge is 0.146 e. The molecule has 1 aromatic carbocycles. The van der Waals surface area contributed by atoms with Crippen molar-refractivity contribution in [1.29, 1.82) is 0 Å². The molecule has 0 saturated heterocycles. The van der Waals surface area contributed by atoms with Crippen molar-refractivity contribution in [3.8, 4) is 11.3 Å². The van der Waals surface area contributed by atoms with Crippen molar-refractivity contribution >= 4 is 16.7 Å². The number of aromatic amines is 1. The zero-order valence-electron chi connectivity index (χ0n) is 9.44. The second-order valence-corrected chi connectivity index (χ2v) is 4.08. The van der Waals surface area contributed by atoms with Crippen molar-refractivity contribution in [3.05, 3.63) is 42.1 Å². The number of nitrogen functional groups attached to an aromatic ring is 1. The number of nitrogens with one attached hydrogen (secondary N) is 1. The Kier molecular flexibility index (Phi) is 2.08. The Morgan fingerprint density at radius 1 is 1.12 bits per heavy atom. The number of H-pyrrole nitrogens is 1. The number of hydrogen-bond donors (Lipinski definition) is 2. The lowest BCUT2D eigenvalue weighted by Crippen LogP contribution is -1.97. The highest BCUT2D eigenvalue weighted by atomic mass is 15.1. The van der Waals surface area contributed by atoms with Crippen LogP contribution in [0.4, 0.5) is 5.82 Å². The van der Waals surface area contributed by atoms with E-state index in [9.17, 15) is 0 Å². The molecule has 3 rings (SSSR count). The number of fused-ring (bicyclic) bond motifs is 1. The van der Waals surface area contributed by atoms with Gasteiger partial charge >= 0.3 is 0 Å². The molecular weight excluding hydrogens is 212 g/mol. The summed E-state index contributed by atoms with van der Waals surface area (Å²) in [6, 6.07) is 10.1. The highest BCUT2D eigenvalue weighted by Crippen LogP contribution is 2.24. The minimum atomic E-state index is 0.451. The third-order valence-electron chi connectivity index (χ3n) is 2.83. The van der Waals surface area contributed by atoms with Crippen LogP contribution in [-0.4, -0.2) is 15.2 Å². The first-order valence-corrected chi connectivity index (χ1v) is 5.41. The van der Waals surface area contributed by atoms with Crippen LogP contribution in [0.3, 0.4) is 0 Å². The van der Waals surface area contributed by atoms with Gasteiger partial charge in [0.05, 0.1) is 5.69 Å². The highest BCUT2D eigenvalue weighted by molar-refractivity contribution is 5.84. The number of hydrogen-bond acceptors (Lipinski definition) is 3. The van der Waals surface area contributed by atoms with E-state index < -0.39 is 0 Å². The summed E-state index contributed by atoms with van der Waals surface area (Å²) in [5, 5.41) is 9.24. The van der Waals surface area contributed by atoms with E-state index in [2.05, 4.69) is 27.3 Å². The first-order chi connectivity index (χ1) is 8.24. The van der Waals surface area contributed by atoms with Crippen molar-refractivity contribution in [2.45, 2.75) is 6.92 Å². The Bertz CT molecular complexity index is 685. The number of aryl methyl sites for hydroxylation is 1. The summed E-state index contributed by atoms with van der Waals surface area (Å²) in [5.41, 5.74) is 9.65. The molecule has 0 aliphatic carbocycles. The number of nitrogens with two attached hydrogens (primary N) is 1. The molecule has 0 bridgehead atoms. The van der Waals surface area contributed by atoms with E-state index in [1.165, 1.54) is 5.39 Å². The normalized spacial score (nSPS) is 10.9. The molecule has 0 aliphatic rings. The number of aromatic nitrogens is 3. The summed E-state index contributed by atoms with van der Waals surface area (Å²) in [4.78, 5) is 3.19. The largest absolute Gasteiger partial charge is 0.382 e. The van der Waals surface area contributed by atoms with Crippen molar-refractivity contribution in [1.82, 2.24) is 15.2 Å². The summed E-state index contributed by atoms with van der Waals surface area (Å²) in [6.45, 7) is 1.99. The van der Waals surface area contributed by atoms with Crippen LogP contribution in [0.25, 0.3) is 22.2 Å². The lowest BCUT2D eigenvalue weighted by atomic mass is 10.1. The lowest BCUT2D eigenvalue weighted by molar-refractivity contribution is 1.03. The summed E-state index contributed by atoms with van der Waals surface area (Å²) in [7, 11) is 0. The van der Waals surface area contributed by atoms with Gasteiger partial charge in [-0.15, -0.1) is 10.2 Å². The molecule has 4 heteroatoms. The van der Waals surface area contributed by atoms with Crippen LogP contribution in [-0.2, 0) is 0 Å². The number of anilines is 1. The molecule has 0 amide bonds. The molecule has 0 atom stereocenters. The fourth-order valence-corrected chi connectivity index (χ4v) is 1.99. The Labute approximate surface area is 98.5 Å². The highest BCUT2D eigenvalue weighted by Gasteiger charge is 2.06. The summed E-state index contributed by atoms with van der Waals surface area (Å²) < 4.78 is 0. The van der Waals surface area contributed by atoms with Crippen LogP contribution in [0.1, 0.15) is 5.56 Å². The van der Waals surface area contributed by atoms with Gasteiger partial charge in [0.15, 0.2) is 0 Å². The minimum Gasteiger partial charge on any atom is -0.382 e. The van der Waals surface area contributed by atoms with Crippen molar-refractivity contribution in [3.63, 3.8) is 0 Å². The van der Waals surface area contributed by atoms with Gasteiger partial charge in [-0.05, 0) is 36.1 Å². The molecule has 0 fully saturated rings. The van der Waals surface area contributed by atoms with E-state index in [-0.39, 0.29) is 0 Å². The van der Waals surface area contributed by atoms with E-state index in [1.807, 2.05) is 31.3 Å². The number of benzene rings is 1. The van der Waals surface area contributed by atoms with Gasteiger partial charge in [0.1, 0.15) is 5.82 Å². The SMILES string of the molecule is Cc1cc(N)nnc1-c1ccc2cc[nH]c2c1. The van der Waals surface area contributed by atoms with Gasteiger partial charge in [0, 0.05) is 17.3 Å². The topological polar surface area (TPSA) is 67.6 Å². The Balaban J connectivity index is 2.19. The van der Waals surface area contributed by atoms with E-state index in [0.717, 1.165) is 22.3 Å². The molecule has 3 aromatic rings. The molecule has 0 spiro atoms. The quantitative estimate of drug-likeness (QED) is 0.667. The first-order valence-electron chi connectivity index (χ1n) is 5.41. The second-order valence-electron chi connectivity index (χ2n) is 4.08. The van der Waals surface area contributed by atoms with Crippen molar-refractivity contribution in [2.75, 3.05) is 5.73 Å². The second kappa shape index (κ2) is 3.59. The van der Waals surface area contributed by atoms with Crippen molar-refractivity contribution in [2.24, 2.45) is 0 Å². The van der Waals surface area contributed by atoms with E-state index in [0.29, 0.717) is 5.82 Å². The molecule has 0 aliphatic heterocycles. The maximum absolute atomic E-state index is 5.60. The fourth-order valence-electron chi connectivity index (χ4n) is 1.99. The average Bonchev–Trinajstić information content (AvgIpc) is 2.75. The molecule has 2 heterocycles. The monoisotopic (exact) mass is 224 g/mol. The van der Waals surface area contributed by atoms with Crippen LogP contribution < -0.4 is 5.73 Å². The van der Waals surface area contributed by atoms with Gasteiger partial charge in [-0.3, -0.25) is 0 Å². The maximum atomic E-state index is 5.60. The van der Waals surface area contributed by atoms with Crippen LogP contribution in [0, 0.1) is 6.92 Å². The first kappa shape index (κ1) is 9.84. The summed E-state index contributed by atoms with van der Waals surface area (Å²) >= 11 is 0. The van der Waals surface area contributed by atoms with Crippen LogP contribution in [0.15, 0.2) is 36.5 Å². The van der Waals surface area contributed by atoms with Crippen LogP contribution in [0.2, 0.25) is 0 Å². The standard InChI is InChI=1S/C13H12N4/c1-8-6-12(14)16-17-13(8)10-3-2-9-4-5-15-11(9)7-10/h2-7,15H,1H3,(H2,14,16). The predicted molar refractivity (Wildman–Crippen MR) is 68.5 cm³/mol. The molecular formula is C13H12N4. The summed E-state index contributed by atoms with van der Waals surface area (Å²) in [6.07, 6.45) is 1.93. The Hall–Kier alpha value is -2.36. The van der Waals surface area contributed by atoms with E-state index in [1.54, 1.807) is 0 Å².